The van der Waals surface area contributed by atoms with E-state index in [0.717, 1.165) is 12.0 Å². The Bertz CT molecular complexity index is 1240. The van der Waals surface area contributed by atoms with Gasteiger partial charge >= 0.3 is 17.9 Å². The van der Waals surface area contributed by atoms with Crippen LogP contribution in [0.1, 0.15) is 71.6 Å². The second kappa shape index (κ2) is 11.7. The van der Waals surface area contributed by atoms with E-state index in [2.05, 4.69) is 5.32 Å². The largest absolute Gasteiger partial charge is 0.481 e. The fourth-order valence-corrected chi connectivity index (χ4v) is 8.13. The molecule has 42 heavy (non-hydrogen) atoms. The van der Waals surface area contributed by atoms with Crippen molar-refractivity contribution in [1.82, 2.24) is 5.32 Å². The zero-order valence-corrected chi connectivity index (χ0v) is 23.8. The monoisotopic (exact) mass is 589 g/mol. The van der Waals surface area contributed by atoms with E-state index in [4.69, 9.17) is 14.9 Å². The van der Waals surface area contributed by atoms with Crippen molar-refractivity contribution in [3.63, 3.8) is 0 Å². The fraction of sp³-hybridized carbons (Fsp3) is 0.667. The number of ether oxygens (including phenoxy) is 1. The van der Waals surface area contributed by atoms with Crippen LogP contribution in [0.4, 0.5) is 0 Å². The van der Waals surface area contributed by atoms with E-state index in [1.54, 1.807) is 12.2 Å². The first-order chi connectivity index (χ1) is 19.6. The van der Waals surface area contributed by atoms with Gasteiger partial charge in [0, 0.05) is 29.6 Å². The Morgan fingerprint density at radius 3 is 2.48 bits per heavy atom. The molecule has 0 bridgehead atoms. The molecule has 0 radical (unpaired) electrons. The Labute approximate surface area is 243 Å². The highest BCUT2D eigenvalue weighted by molar-refractivity contribution is 6.01. The molecule has 3 fully saturated rings. The van der Waals surface area contributed by atoms with E-state index in [0.29, 0.717) is 12.8 Å². The molecule has 0 aliphatic heterocycles. The van der Waals surface area contributed by atoms with Crippen LogP contribution in [0.15, 0.2) is 23.8 Å². The van der Waals surface area contributed by atoms with E-state index < -0.39 is 84.0 Å². The number of carbonyl (C=O) groups excluding carboxylic acids is 4. The van der Waals surface area contributed by atoms with Crippen molar-refractivity contribution < 1.29 is 53.9 Å². The minimum Gasteiger partial charge on any atom is -0.481 e. The number of rotatable bonds is 11. The molecular weight excluding hydrogens is 550 g/mol. The smallest absolute Gasteiger partial charge is 0.326 e. The molecule has 0 saturated heterocycles. The number of nitrogens with one attached hydrogen (secondary N) is 1. The number of allylic oxidation sites excluding steroid dienone is 4. The quantitative estimate of drug-likeness (QED) is 0.217. The molecule has 8 atom stereocenters. The van der Waals surface area contributed by atoms with Crippen LogP contribution < -0.4 is 5.32 Å². The van der Waals surface area contributed by atoms with Gasteiger partial charge in [-0.15, -0.1) is 0 Å². The summed E-state index contributed by atoms with van der Waals surface area (Å²) in [6.45, 7) is 3.13. The van der Waals surface area contributed by atoms with Gasteiger partial charge in [-0.25, -0.2) is 4.79 Å². The number of amides is 1. The predicted octanol–water partition coefficient (Wildman–Crippen LogP) is 1.32. The number of carboxylic acids is 2. The van der Waals surface area contributed by atoms with Crippen molar-refractivity contribution >= 4 is 35.4 Å². The Kier molecular flexibility index (Phi) is 8.80. The normalized spacial score (nSPS) is 35.6. The lowest BCUT2D eigenvalue weighted by Crippen LogP contribution is -2.61. The zero-order chi connectivity index (χ0) is 31.0. The number of esters is 1. The lowest BCUT2D eigenvalue weighted by atomic mass is 9.46. The van der Waals surface area contributed by atoms with Gasteiger partial charge in [-0.3, -0.25) is 24.0 Å². The molecule has 12 heteroatoms. The average Bonchev–Trinajstić information content (AvgIpc) is 3.19. The van der Waals surface area contributed by atoms with Crippen molar-refractivity contribution in [3.8, 4) is 0 Å². The van der Waals surface area contributed by atoms with E-state index in [-0.39, 0.29) is 42.8 Å². The molecule has 230 valence electrons. The number of aliphatic hydroxyl groups excluding tert-OH is 1. The summed E-state index contributed by atoms with van der Waals surface area (Å²) in [5.41, 5.74) is -2.26. The topological polar surface area (TPSA) is 205 Å². The molecular formula is C30H39NO11. The summed E-state index contributed by atoms with van der Waals surface area (Å²) in [5, 5.41) is 43.2. The summed E-state index contributed by atoms with van der Waals surface area (Å²) in [4.78, 5) is 71.7. The first kappa shape index (κ1) is 31.6. The van der Waals surface area contributed by atoms with E-state index in [9.17, 15) is 39.0 Å². The van der Waals surface area contributed by atoms with Crippen LogP contribution in [0, 0.1) is 28.6 Å². The molecule has 0 spiro atoms. The van der Waals surface area contributed by atoms with Gasteiger partial charge in [-0.1, -0.05) is 25.5 Å². The van der Waals surface area contributed by atoms with Crippen molar-refractivity contribution in [2.45, 2.75) is 89.4 Å². The van der Waals surface area contributed by atoms with Gasteiger partial charge < -0.3 is 30.5 Å². The van der Waals surface area contributed by atoms with Crippen LogP contribution in [0.2, 0.25) is 0 Å². The van der Waals surface area contributed by atoms with Gasteiger partial charge in [-0.2, -0.15) is 0 Å². The highest BCUT2D eigenvalue weighted by Crippen LogP contribution is 2.67. The third-order valence-electron chi connectivity index (χ3n) is 10.3. The fourth-order valence-electron chi connectivity index (χ4n) is 8.13. The summed E-state index contributed by atoms with van der Waals surface area (Å²) in [6.07, 6.45) is 4.91. The molecule has 1 amide bonds. The molecule has 4 aliphatic carbocycles. The third kappa shape index (κ3) is 5.66. The van der Waals surface area contributed by atoms with Crippen molar-refractivity contribution in [3.05, 3.63) is 23.8 Å². The van der Waals surface area contributed by atoms with Crippen molar-refractivity contribution in [2.24, 2.45) is 28.6 Å². The van der Waals surface area contributed by atoms with Crippen molar-refractivity contribution in [2.75, 3.05) is 6.61 Å². The number of hydrogen-bond donors (Lipinski definition) is 5. The second-order valence-corrected chi connectivity index (χ2v) is 12.6. The minimum absolute atomic E-state index is 0.0202. The Morgan fingerprint density at radius 2 is 1.81 bits per heavy atom. The van der Waals surface area contributed by atoms with Crippen molar-refractivity contribution in [1.29, 1.82) is 0 Å². The van der Waals surface area contributed by atoms with E-state index in [1.807, 2.05) is 19.9 Å². The lowest BCUT2D eigenvalue weighted by molar-refractivity contribution is -0.181. The Hall–Kier alpha value is -3.38. The number of carboxylic acid groups (broad SMARTS) is 2. The highest BCUT2D eigenvalue weighted by Gasteiger charge is 2.68. The molecule has 0 heterocycles. The molecule has 0 aromatic heterocycles. The van der Waals surface area contributed by atoms with Crippen LogP contribution in [0.5, 0.6) is 0 Å². The highest BCUT2D eigenvalue weighted by atomic mass is 16.5. The average molecular weight is 590 g/mol. The van der Waals surface area contributed by atoms with Gasteiger partial charge in [0.25, 0.3) is 0 Å². The number of ketones is 2. The minimum atomic E-state index is -1.82. The molecule has 4 aliphatic rings. The summed E-state index contributed by atoms with van der Waals surface area (Å²) in [5.74, 6) is -5.24. The summed E-state index contributed by atoms with van der Waals surface area (Å²) in [7, 11) is 0. The number of hydrogen-bond acceptors (Lipinski definition) is 9. The number of aliphatic carboxylic acids is 2. The maximum Gasteiger partial charge on any atom is 0.326 e. The molecule has 0 aromatic rings. The van der Waals surface area contributed by atoms with Crippen LogP contribution in [0.3, 0.4) is 0 Å². The molecule has 8 unspecified atom stereocenters. The van der Waals surface area contributed by atoms with Gasteiger partial charge in [-0.05, 0) is 62.5 Å². The van der Waals surface area contributed by atoms with Crippen LogP contribution in [0.25, 0.3) is 0 Å². The SMILES string of the molecule is CC12C=CC(=O)C=C1CCC1C2C(O)CC2(C)C1CCC2(O)C(=O)COC(=O)CCC(=O)NC(CCC(=O)O)C(=O)O. The third-order valence-corrected chi connectivity index (χ3v) is 10.3. The maximum absolute atomic E-state index is 13.4. The van der Waals surface area contributed by atoms with Gasteiger partial charge in [0.05, 0.1) is 12.5 Å². The van der Waals surface area contributed by atoms with Crippen LogP contribution in [-0.4, -0.2) is 80.2 Å². The molecule has 12 nitrogen and oxygen atoms in total. The lowest BCUT2D eigenvalue weighted by Gasteiger charge is -2.59. The molecule has 5 N–H and O–H groups in total. The van der Waals surface area contributed by atoms with Gasteiger partial charge in [0.15, 0.2) is 12.4 Å². The van der Waals surface area contributed by atoms with Crippen LogP contribution >= 0.6 is 0 Å². The molecule has 0 aromatic carbocycles. The Morgan fingerprint density at radius 1 is 1.10 bits per heavy atom. The summed E-state index contributed by atoms with van der Waals surface area (Å²) >= 11 is 0. The van der Waals surface area contributed by atoms with Gasteiger partial charge in [0.2, 0.25) is 11.7 Å². The maximum atomic E-state index is 13.4. The van der Waals surface area contributed by atoms with E-state index >= 15 is 0 Å². The first-order valence-corrected chi connectivity index (χ1v) is 14.4. The van der Waals surface area contributed by atoms with E-state index in [1.165, 1.54) is 0 Å². The predicted molar refractivity (Wildman–Crippen MR) is 145 cm³/mol. The molecule has 4 rings (SSSR count). The second-order valence-electron chi connectivity index (χ2n) is 12.6. The summed E-state index contributed by atoms with van der Waals surface area (Å²) < 4.78 is 5.08. The zero-order valence-electron chi connectivity index (χ0n) is 23.8. The number of Topliss-reactive ketones (excluding diaryl/α,β-unsaturated/α-hetero) is 1. The number of aliphatic hydroxyl groups is 2. The Balaban J connectivity index is 1.35. The molecule has 3 saturated carbocycles. The van der Waals surface area contributed by atoms with Gasteiger partial charge in [0.1, 0.15) is 11.6 Å². The van der Waals surface area contributed by atoms with Crippen LogP contribution in [-0.2, 0) is 33.5 Å². The number of fused-ring (bicyclic) bond motifs is 5. The first-order valence-electron chi connectivity index (χ1n) is 14.4. The summed E-state index contributed by atoms with van der Waals surface area (Å²) in [6, 6.07) is -1.42. The standard InChI is InChI=1S/C30H39NO11/c1-28-11-9-17(32)13-16(28)3-4-18-19-10-12-30(41,29(19,2)14-21(33)26(18)28)22(34)15-42-25(38)8-6-23(35)31-20(27(39)40)5-7-24(36)37/h9,11,13,18-21,26,33,41H,3-8,10,12,14-15H2,1-2H3,(H,31,35)(H,36,37)(H,39,40). The number of carbonyl (C=O) groups is 6.